The van der Waals surface area contributed by atoms with E-state index >= 15 is 0 Å². The largest absolute Gasteiger partial charge is 0.507 e. The monoisotopic (exact) mass is 421 g/mol. The second kappa shape index (κ2) is 8.31. The quantitative estimate of drug-likeness (QED) is 0.303. The topological polar surface area (TPSA) is 70.4 Å². The first-order valence-corrected chi connectivity index (χ1v) is 10.9. The van der Waals surface area contributed by atoms with Gasteiger partial charge in [0.25, 0.3) is 0 Å². The van der Waals surface area contributed by atoms with E-state index < -0.39 is 5.97 Å². The number of aromatic hydroxyl groups is 1. The van der Waals surface area contributed by atoms with E-state index in [1.54, 1.807) is 35.5 Å². The van der Waals surface area contributed by atoms with Gasteiger partial charge in [-0.25, -0.2) is 4.79 Å². The van der Waals surface area contributed by atoms with Crippen LogP contribution in [0.4, 0.5) is 0 Å². The van der Waals surface area contributed by atoms with Crippen LogP contribution in [0.25, 0.3) is 32.4 Å². The molecule has 2 N–H and O–H groups in total. The summed E-state index contributed by atoms with van der Waals surface area (Å²) in [5.74, 6) is -1.39. The van der Waals surface area contributed by atoms with Crippen molar-refractivity contribution in [2.24, 2.45) is 0 Å². The third kappa shape index (κ3) is 3.54. The van der Waals surface area contributed by atoms with Crippen molar-refractivity contribution in [3.63, 3.8) is 0 Å². The second-order valence-corrected chi connectivity index (χ2v) is 8.13. The maximum Gasteiger partial charge on any atom is 0.340 e. The summed E-state index contributed by atoms with van der Waals surface area (Å²) in [6, 6.07) is 24.1. The lowest BCUT2D eigenvalue weighted by molar-refractivity contribution is 0.0696. The Kier molecular flexibility index (Phi) is 5.20. The Bertz CT molecular complexity index is 1470. The van der Waals surface area contributed by atoms with Crippen molar-refractivity contribution in [2.45, 2.75) is 25.7 Å². The number of fused-ring (bicyclic) bond motifs is 6. The molecule has 158 valence electrons. The van der Waals surface area contributed by atoms with Gasteiger partial charge in [0.2, 0.25) is 0 Å². The number of benzene rings is 4. The van der Waals surface area contributed by atoms with Crippen LogP contribution in [-0.2, 0) is 12.8 Å². The summed E-state index contributed by atoms with van der Waals surface area (Å²) in [6.45, 7) is 0. The average Bonchev–Trinajstić information content (AvgIpc) is 2.83. The van der Waals surface area contributed by atoms with Crippen molar-refractivity contribution in [2.75, 3.05) is 0 Å². The molecule has 6 rings (SSSR count). The fourth-order valence-corrected chi connectivity index (χ4v) is 4.71. The predicted molar refractivity (Wildman–Crippen MR) is 128 cm³/mol. The molecule has 4 aromatic carbocycles. The number of phenols is 1. The van der Waals surface area contributed by atoms with Gasteiger partial charge >= 0.3 is 5.97 Å². The van der Waals surface area contributed by atoms with Gasteiger partial charge in [-0.05, 0) is 76.6 Å². The molecule has 4 nitrogen and oxygen atoms in total. The standard InChI is InChI=1S/C18H16.C10H7NO3/c1-3-7-15-13(5-1)9-11-18-16-8-4-2-6-14(16)10-12-17(15)18;12-8-4-3-7-6(2-1-5-11-7)9(8)10(13)14/h1,3,5,7,9-12H,2,4,6,8H2;1-5,12H,(H,13,14). The molecule has 4 heteroatoms. The van der Waals surface area contributed by atoms with Crippen LogP contribution in [0, 0.1) is 0 Å². The zero-order valence-corrected chi connectivity index (χ0v) is 17.6. The molecule has 0 unspecified atom stereocenters. The van der Waals surface area contributed by atoms with E-state index in [4.69, 9.17) is 5.11 Å². The minimum absolute atomic E-state index is 0.101. The molecule has 1 aliphatic rings. The molecular formula is C28H23NO3. The minimum Gasteiger partial charge on any atom is -0.507 e. The third-order valence-corrected chi connectivity index (χ3v) is 6.23. The molecule has 0 amide bonds. The fraction of sp³-hybridized carbons (Fsp3) is 0.143. The van der Waals surface area contributed by atoms with E-state index in [2.05, 4.69) is 53.5 Å². The van der Waals surface area contributed by atoms with Gasteiger partial charge in [0.1, 0.15) is 11.3 Å². The molecule has 1 aliphatic carbocycles. The second-order valence-electron chi connectivity index (χ2n) is 8.13. The van der Waals surface area contributed by atoms with Gasteiger partial charge in [-0.3, -0.25) is 4.98 Å². The van der Waals surface area contributed by atoms with E-state index in [-0.39, 0.29) is 11.3 Å². The van der Waals surface area contributed by atoms with E-state index in [1.165, 1.54) is 53.3 Å². The summed E-state index contributed by atoms with van der Waals surface area (Å²) in [6.07, 6.45) is 6.79. The van der Waals surface area contributed by atoms with Gasteiger partial charge in [0, 0.05) is 11.6 Å². The number of nitrogens with zero attached hydrogens (tertiary/aromatic N) is 1. The Morgan fingerprint density at radius 3 is 2.41 bits per heavy atom. The molecule has 32 heavy (non-hydrogen) atoms. The summed E-state index contributed by atoms with van der Waals surface area (Å²) >= 11 is 0. The number of rotatable bonds is 1. The molecule has 1 heterocycles. The molecular weight excluding hydrogens is 398 g/mol. The molecule has 0 saturated carbocycles. The number of carboxylic acid groups (broad SMARTS) is 1. The highest BCUT2D eigenvalue weighted by atomic mass is 16.4. The number of pyridine rings is 1. The first-order valence-electron chi connectivity index (χ1n) is 10.9. The fourth-order valence-electron chi connectivity index (χ4n) is 4.71. The third-order valence-electron chi connectivity index (χ3n) is 6.23. The molecule has 0 saturated heterocycles. The summed E-state index contributed by atoms with van der Waals surface area (Å²) in [5, 5.41) is 24.3. The van der Waals surface area contributed by atoms with Crippen LogP contribution in [0.1, 0.15) is 34.3 Å². The van der Waals surface area contributed by atoms with Gasteiger partial charge in [-0.15, -0.1) is 0 Å². The van der Waals surface area contributed by atoms with Gasteiger partial charge in [-0.2, -0.15) is 0 Å². The lowest BCUT2D eigenvalue weighted by Gasteiger charge is -2.18. The molecule has 0 fully saturated rings. The lowest BCUT2D eigenvalue weighted by atomic mass is 9.86. The van der Waals surface area contributed by atoms with Crippen LogP contribution >= 0.6 is 0 Å². The van der Waals surface area contributed by atoms with E-state index in [9.17, 15) is 9.90 Å². The Balaban J connectivity index is 0.000000140. The van der Waals surface area contributed by atoms with Crippen molar-refractivity contribution in [3.8, 4) is 5.75 Å². The first-order chi connectivity index (χ1) is 15.6. The smallest absolute Gasteiger partial charge is 0.340 e. The van der Waals surface area contributed by atoms with Gasteiger partial charge in [0.05, 0.1) is 5.52 Å². The van der Waals surface area contributed by atoms with Crippen molar-refractivity contribution < 1.29 is 15.0 Å². The van der Waals surface area contributed by atoms with Gasteiger partial charge < -0.3 is 10.2 Å². The molecule has 0 atom stereocenters. The number of aromatic carboxylic acids is 1. The highest BCUT2D eigenvalue weighted by molar-refractivity contribution is 6.08. The van der Waals surface area contributed by atoms with Crippen molar-refractivity contribution in [1.82, 2.24) is 4.98 Å². The minimum atomic E-state index is -1.15. The van der Waals surface area contributed by atoms with Crippen LogP contribution in [0.3, 0.4) is 0 Å². The van der Waals surface area contributed by atoms with Crippen LogP contribution in [0.5, 0.6) is 5.75 Å². The van der Waals surface area contributed by atoms with Gasteiger partial charge in [0.15, 0.2) is 0 Å². The highest BCUT2D eigenvalue weighted by Gasteiger charge is 2.14. The maximum absolute atomic E-state index is 10.8. The number of hydrogen-bond acceptors (Lipinski definition) is 3. The number of aromatic nitrogens is 1. The van der Waals surface area contributed by atoms with Crippen molar-refractivity contribution in [1.29, 1.82) is 0 Å². The summed E-state index contributed by atoms with van der Waals surface area (Å²) in [5.41, 5.74) is 3.63. The van der Waals surface area contributed by atoms with Crippen LogP contribution in [0.15, 0.2) is 79.0 Å². The predicted octanol–water partition coefficient (Wildman–Crippen LogP) is 6.51. The first kappa shape index (κ1) is 20.0. The molecule has 0 aliphatic heterocycles. The Morgan fingerprint density at radius 1 is 0.750 bits per heavy atom. The van der Waals surface area contributed by atoms with Crippen LogP contribution < -0.4 is 0 Å². The normalized spacial score (nSPS) is 12.9. The molecule has 1 aromatic heterocycles. The number of carboxylic acids is 1. The van der Waals surface area contributed by atoms with Crippen molar-refractivity contribution in [3.05, 3.63) is 95.7 Å². The Labute approximate surface area is 185 Å². The molecule has 5 aromatic rings. The summed E-state index contributed by atoms with van der Waals surface area (Å²) in [4.78, 5) is 14.8. The number of aryl methyl sites for hydroxylation is 2. The molecule has 0 spiro atoms. The maximum atomic E-state index is 10.8. The molecule has 0 bridgehead atoms. The summed E-state index contributed by atoms with van der Waals surface area (Å²) < 4.78 is 0. The Morgan fingerprint density at radius 2 is 1.53 bits per heavy atom. The van der Waals surface area contributed by atoms with E-state index in [0.29, 0.717) is 10.9 Å². The van der Waals surface area contributed by atoms with Gasteiger partial charge in [-0.1, -0.05) is 54.6 Å². The highest BCUT2D eigenvalue weighted by Crippen LogP contribution is 2.33. The van der Waals surface area contributed by atoms with Crippen LogP contribution in [0.2, 0.25) is 0 Å². The summed E-state index contributed by atoms with van der Waals surface area (Å²) in [7, 11) is 0. The SMILES string of the molecule is O=C(O)c1c(O)ccc2ncccc12.c1ccc2c(c1)ccc1c3c(ccc12)CCCC3. The zero-order valence-electron chi connectivity index (χ0n) is 17.6. The molecule has 0 radical (unpaired) electrons. The number of hydrogen-bond donors (Lipinski definition) is 2. The van der Waals surface area contributed by atoms with Crippen molar-refractivity contribution >= 4 is 38.4 Å². The Hall–Kier alpha value is -3.92. The van der Waals surface area contributed by atoms with E-state index in [1.807, 2.05) is 0 Å². The van der Waals surface area contributed by atoms with Crippen LogP contribution in [-0.4, -0.2) is 21.2 Å². The number of carbonyl (C=O) groups is 1. The zero-order chi connectivity index (χ0) is 22.1. The lowest BCUT2D eigenvalue weighted by Crippen LogP contribution is -2.02. The van der Waals surface area contributed by atoms with E-state index in [0.717, 1.165) is 0 Å². The average molecular weight is 421 g/mol.